The molecule has 1 aliphatic carbocycles. The summed E-state index contributed by atoms with van der Waals surface area (Å²) in [6, 6.07) is 1.69. The molecular weight excluding hydrogens is 329 g/mol. The number of rotatable bonds is 4. The standard InChI is InChI=1S/C11H13Cl2NO3S2/c1-7-3-4-18-9(7)19(16,17)14-8(15)5-10(2)6-11(10,12)13/h3-4H,5-6H2,1-2H3,(H,14,15). The van der Waals surface area contributed by atoms with Crippen molar-refractivity contribution in [3.63, 3.8) is 0 Å². The van der Waals surface area contributed by atoms with E-state index in [0.717, 1.165) is 11.3 Å². The maximum absolute atomic E-state index is 12.0. The number of sulfonamides is 1. The monoisotopic (exact) mass is 341 g/mol. The summed E-state index contributed by atoms with van der Waals surface area (Å²) in [6.07, 6.45) is 0.470. The minimum Gasteiger partial charge on any atom is -0.274 e. The van der Waals surface area contributed by atoms with Crippen molar-refractivity contribution in [3.05, 3.63) is 17.0 Å². The second kappa shape index (κ2) is 4.62. The molecule has 0 aliphatic heterocycles. The summed E-state index contributed by atoms with van der Waals surface area (Å²) >= 11 is 12.9. The van der Waals surface area contributed by atoms with Crippen LogP contribution in [-0.2, 0) is 14.8 Å². The smallest absolute Gasteiger partial charge is 0.273 e. The van der Waals surface area contributed by atoms with Crippen LogP contribution in [0.5, 0.6) is 0 Å². The highest BCUT2D eigenvalue weighted by Crippen LogP contribution is 2.65. The largest absolute Gasteiger partial charge is 0.274 e. The lowest BCUT2D eigenvalue weighted by molar-refractivity contribution is -0.120. The summed E-state index contributed by atoms with van der Waals surface area (Å²) in [5, 5.41) is 1.67. The molecule has 1 aliphatic rings. The molecule has 0 spiro atoms. The number of alkyl halides is 2. The van der Waals surface area contributed by atoms with Gasteiger partial charge in [-0.3, -0.25) is 4.79 Å². The lowest BCUT2D eigenvalue weighted by atomic mass is 10.1. The number of halogens is 2. The van der Waals surface area contributed by atoms with Crippen molar-refractivity contribution in [1.29, 1.82) is 0 Å². The Balaban J connectivity index is 2.06. The number of thiophene rings is 1. The van der Waals surface area contributed by atoms with Gasteiger partial charge < -0.3 is 0 Å². The number of hydrogen-bond donors (Lipinski definition) is 1. The van der Waals surface area contributed by atoms with Crippen LogP contribution in [-0.4, -0.2) is 18.7 Å². The van der Waals surface area contributed by atoms with Gasteiger partial charge in [0.1, 0.15) is 8.54 Å². The third-order valence-electron chi connectivity index (χ3n) is 3.23. The van der Waals surface area contributed by atoms with Crippen molar-refractivity contribution in [1.82, 2.24) is 4.72 Å². The average Bonchev–Trinajstić information content (AvgIpc) is 2.58. The number of hydrogen-bond acceptors (Lipinski definition) is 4. The van der Waals surface area contributed by atoms with Gasteiger partial charge in [0.2, 0.25) is 5.91 Å². The molecule has 1 heterocycles. The van der Waals surface area contributed by atoms with Crippen LogP contribution >= 0.6 is 34.5 Å². The molecule has 1 aromatic rings. The van der Waals surface area contributed by atoms with Crippen LogP contribution in [0.25, 0.3) is 0 Å². The summed E-state index contributed by atoms with van der Waals surface area (Å²) in [4.78, 5) is 11.8. The Morgan fingerprint density at radius 1 is 1.53 bits per heavy atom. The van der Waals surface area contributed by atoms with E-state index in [1.807, 2.05) is 0 Å². The van der Waals surface area contributed by atoms with Crippen LogP contribution in [0.4, 0.5) is 0 Å². The highest BCUT2D eigenvalue weighted by Gasteiger charge is 2.63. The Labute approximate surface area is 126 Å². The summed E-state index contributed by atoms with van der Waals surface area (Å²) in [7, 11) is -3.80. The van der Waals surface area contributed by atoms with Crippen molar-refractivity contribution in [2.45, 2.75) is 35.2 Å². The van der Waals surface area contributed by atoms with Crippen LogP contribution in [0.2, 0.25) is 0 Å². The van der Waals surface area contributed by atoms with E-state index in [0.29, 0.717) is 12.0 Å². The van der Waals surface area contributed by atoms with Gasteiger partial charge in [-0.05, 0) is 30.4 Å². The molecule has 2 rings (SSSR count). The highest BCUT2D eigenvalue weighted by atomic mass is 35.5. The average molecular weight is 342 g/mol. The molecule has 1 unspecified atom stereocenters. The maximum Gasteiger partial charge on any atom is 0.273 e. The summed E-state index contributed by atoms with van der Waals surface area (Å²) in [6.45, 7) is 3.44. The van der Waals surface area contributed by atoms with Gasteiger partial charge in [0.05, 0.1) is 0 Å². The van der Waals surface area contributed by atoms with Crippen molar-refractivity contribution < 1.29 is 13.2 Å². The first-order valence-electron chi connectivity index (χ1n) is 5.55. The van der Waals surface area contributed by atoms with E-state index in [4.69, 9.17) is 23.2 Å². The third kappa shape index (κ3) is 2.91. The van der Waals surface area contributed by atoms with Crippen LogP contribution in [0, 0.1) is 12.3 Å². The molecule has 0 aromatic carbocycles. The van der Waals surface area contributed by atoms with E-state index in [1.165, 1.54) is 0 Å². The SMILES string of the molecule is Cc1ccsc1S(=O)(=O)NC(=O)CC1(C)CC1(Cl)Cl. The first-order valence-corrected chi connectivity index (χ1v) is 8.67. The molecular formula is C11H13Cl2NO3S2. The van der Waals surface area contributed by atoms with Crippen molar-refractivity contribution in [2.75, 3.05) is 0 Å². The Bertz CT molecular complexity index is 624. The molecule has 19 heavy (non-hydrogen) atoms. The van der Waals surface area contributed by atoms with Gasteiger partial charge in [-0.15, -0.1) is 34.5 Å². The fraction of sp³-hybridized carbons (Fsp3) is 0.545. The van der Waals surface area contributed by atoms with E-state index in [-0.39, 0.29) is 10.6 Å². The van der Waals surface area contributed by atoms with Crippen LogP contribution in [0.3, 0.4) is 0 Å². The van der Waals surface area contributed by atoms with Crippen LogP contribution in [0.1, 0.15) is 25.3 Å². The van der Waals surface area contributed by atoms with E-state index < -0.39 is 25.7 Å². The molecule has 1 N–H and O–H groups in total. The van der Waals surface area contributed by atoms with Crippen LogP contribution in [0.15, 0.2) is 15.7 Å². The Morgan fingerprint density at radius 2 is 2.11 bits per heavy atom. The Kier molecular flexibility index (Phi) is 3.67. The third-order valence-corrected chi connectivity index (χ3v) is 7.47. The molecule has 1 atom stereocenters. The van der Waals surface area contributed by atoms with Crippen molar-refractivity contribution >= 4 is 50.5 Å². The normalized spacial score (nSPS) is 25.1. The predicted octanol–water partition coefficient (Wildman–Crippen LogP) is 2.84. The summed E-state index contributed by atoms with van der Waals surface area (Å²) < 4.78 is 25.3. The fourth-order valence-electron chi connectivity index (χ4n) is 1.86. The summed E-state index contributed by atoms with van der Waals surface area (Å²) in [5.74, 6) is -0.585. The Morgan fingerprint density at radius 3 is 2.53 bits per heavy atom. The zero-order valence-electron chi connectivity index (χ0n) is 10.4. The molecule has 1 amide bonds. The van der Waals surface area contributed by atoms with Gasteiger partial charge in [0.15, 0.2) is 0 Å². The van der Waals surface area contributed by atoms with Crippen molar-refractivity contribution in [2.24, 2.45) is 5.41 Å². The van der Waals surface area contributed by atoms with Gasteiger partial charge in [-0.1, -0.05) is 6.92 Å². The first kappa shape index (κ1) is 15.1. The van der Waals surface area contributed by atoms with E-state index in [2.05, 4.69) is 4.72 Å². The zero-order chi connectivity index (χ0) is 14.5. The van der Waals surface area contributed by atoms with E-state index in [9.17, 15) is 13.2 Å². The van der Waals surface area contributed by atoms with Gasteiger partial charge >= 0.3 is 0 Å². The summed E-state index contributed by atoms with van der Waals surface area (Å²) in [5.41, 5.74) is 0.0622. The van der Waals surface area contributed by atoms with Crippen LogP contribution < -0.4 is 4.72 Å². The van der Waals surface area contributed by atoms with E-state index >= 15 is 0 Å². The number of nitrogens with one attached hydrogen (secondary N) is 1. The van der Waals surface area contributed by atoms with E-state index in [1.54, 1.807) is 25.3 Å². The second-order valence-corrected chi connectivity index (χ2v) is 9.32. The van der Waals surface area contributed by atoms with Gasteiger partial charge in [-0.25, -0.2) is 13.1 Å². The molecule has 0 radical (unpaired) electrons. The molecule has 1 aromatic heterocycles. The molecule has 1 fully saturated rings. The topological polar surface area (TPSA) is 63.2 Å². The maximum atomic E-state index is 12.0. The quantitative estimate of drug-likeness (QED) is 0.856. The molecule has 0 saturated heterocycles. The lowest BCUT2D eigenvalue weighted by Crippen LogP contribution is -2.32. The second-order valence-electron chi connectivity index (χ2n) is 5.04. The number of carbonyl (C=O) groups is 1. The Hall–Kier alpha value is -0.300. The number of carbonyl (C=O) groups excluding carboxylic acids is 1. The predicted molar refractivity (Wildman–Crippen MR) is 76.2 cm³/mol. The van der Waals surface area contributed by atoms with Gasteiger partial charge in [-0.2, -0.15) is 0 Å². The fourth-order valence-corrected chi connectivity index (χ4v) is 4.99. The number of amides is 1. The van der Waals surface area contributed by atoms with Gasteiger partial charge in [0, 0.05) is 11.8 Å². The minimum absolute atomic E-state index is 0.0103. The molecule has 8 heteroatoms. The molecule has 1 saturated carbocycles. The molecule has 106 valence electrons. The van der Waals surface area contributed by atoms with Crippen molar-refractivity contribution in [3.8, 4) is 0 Å². The lowest BCUT2D eigenvalue weighted by Gasteiger charge is -2.12. The molecule has 0 bridgehead atoms. The first-order chi connectivity index (χ1) is 8.57. The van der Waals surface area contributed by atoms with Gasteiger partial charge in [0.25, 0.3) is 10.0 Å². The number of aryl methyl sites for hydroxylation is 1. The minimum atomic E-state index is -3.80. The highest BCUT2D eigenvalue weighted by molar-refractivity contribution is 7.92. The zero-order valence-corrected chi connectivity index (χ0v) is 13.5. The molecule has 4 nitrogen and oxygen atoms in total.